The number of rotatable bonds is 4. The maximum absolute atomic E-state index is 12.9. The van der Waals surface area contributed by atoms with Gasteiger partial charge in [0.1, 0.15) is 0 Å². The fraction of sp³-hybridized carbons (Fsp3) is 0.318. The van der Waals surface area contributed by atoms with Crippen molar-refractivity contribution in [3.63, 3.8) is 0 Å². The summed E-state index contributed by atoms with van der Waals surface area (Å²) in [5.74, 6) is 0.285. The van der Waals surface area contributed by atoms with Crippen LogP contribution in [0, 0.1) is 0 Å². The predicted octanol–water partition coefficient (Wildman–Crippen LogP) is 4.52. The van der Waals surface area contributed by atoms with Crippen molar-refractivity contribution in [1.82, 2.24) is 19.9 Å². The average Bonchev–Trinajstić information content (AvgIpc) is 2.74. The summed E-state index contributed by atoms with van der Waals surface area (Å²) >= 11 is 0. The van der Waals surface area contributed by atoms with Crippen molar-refractivity contribution in [1.29, 1.82) is 0 Å². The largest absolute Gasteiger partial charge is 0.416 e. The van der Waals surface area contributed by atoms with E-state index in [2.05, 4.69) is 19.9 Å². The van der Waals surface area contributed by atoms with Crippen LogP contribution in [0.15, 0.2) is 54.9 Å². The van der Waals surface area contributed by atoms with Gasteiger partial charge >= 0.3 is 6.18 Å². The molecule has 1 saturated heterocycles. The van der Waals surface area contributed by atoms with Gasteiger partial charge in [0.15, 0.2) is 0 Å². The number of nitrogens with zero attached hydrogens (tertiary/aromatic N) is 4. The van der Waals surface area contributed by atoms with E-state index in [-0.39, 0.29) is 11.9 Å². The van der Waals surface area contributed by atoms with E-state index < -0.39 is 11.7 Å². The lowest BCUT2D eigenvalue weighted by molar-refractivity contribution is -0.137. The summed E-state index contributed by atoms with van der Waals surface area (Å²) < 4.78 is 38.7. The number of hydrogen-bond donors (Lipinski definition) is 1. The number of halogens is 3. The highest BCUT2D eigenvalue weighted by atomic mass is 19.4. The minimum atomic E-state index is -4.37. The minimum Gasteiger partial charge on any atom is -0.368 e. The van der Waals surface area contributed by atoms with Gasteiger partial charge < -0.3 is 5.73 Å². The molecule has 3 aromatic rings. The van der Waals surface area contributed by atoms with Gasteiger partial charge in [0.2, 0.25) is 5.95 Å². The molecule has 4 rings (SSSR count). The zero-order valence-corrected chi connectivity index (χ0v) is 16.3. The predicted molar refractivity (Wildman–Crippen MR) is 108 cm³/mol. The zero-order valence-electron chi connectivity index (χ0n) is 16.3. The van der Waals surface area contributed by atoms with Gasteiger partial charge in [-0.25, -0.2) is 9.97 Å². The summed E-state index contributed by atoms with van der Waals surface area (Å²) in [6, 6.07) is 11.0. The molecule has 1 aromatic carbocycles. The first-order valence-corrected chi connectivity index (χ1v) is 9.82. The zero-order chi connectivity index (χ0) is 21.1. The van der Waals surface area contributed by atoms with Crippen LogP contribution < -0.4 is 5.73 Å². The van der Waals surface area contributed by atoms with Crippen LogP contribution in [0.4, 0.5) is 19.1 Å². The van der Waals surface area contributed by atoms with Gasteiger partial charge in [-0.3, -0.25) is 9.88 Å². The summed E-state index contributed by atoms with van der Waals surface area (Å²) in [6.07, 6.45) is 0.952. The lowest BCUT2D eigenvalue weighted by Gasteiger charge is -2.33. The number of piperidine rings is 1. The van der Waals surface area contributed by atoms with Crippen molar-refractivity contribution in [2.45, 2.75) is 31.5 Å². The van der Waals surface area contributed by atoms with Gasteiger partial charge in [-0.2, -0.15) is 13.2 Å². The normalized spacial score (nSPS) is 17.8. The lowest BCUT2D eigenvalue weighted by atomic mass is 9.89. The second-order valence-corrected chi connectivity index (χ2v) is 7.50. The Hall–Kier alpha value is -3.00. The molecule has 1 aliphatic rings. The Morgan fingerprint density at radius 3 is 2.57 bits per heavy atom. The van der Waals surface area contributed by atoms with E-state index in [1.807, 2.05) is 18.2 Å². The Balaban J connectivity index is 1.60. The number of hydrogen-bond acceptors (Lipinski definition) is 5. The Morgan fingerprint density at radius 1 is 1.07 bits per heavy atom. The van der Waals surface area contributed by atoms with Gasteiger partial charge in [0.25, 0.3) is 0 Å². The summed E-state index contributed by atoms with van der Waals surface area (Å²) in [6.45, 7) is 2.48. The molecule has 8 heteroatoms. The van der Waals surface area contributed by atoms with Crippen LogP contribution in [0.25, 0.3) is 11.1 Å². The van der Waals surface area contributed by atoms with Gasteiger partial charge in [-0.15, -0.1) is 0 Å². The molecule has 2 aromatic heterocycles. The SMILES string of the molecule is Nc1ncc(-c2ccc(C(F)(F)F)cc2)c([C@H]2CCCN(Cc3ccccn3)C2)n1. The first-order valence-electron chi connectivity index (χ1n) is 9.82. The molecule has 1 fully saturated rings. The quantitative estimate of drug-likeness (QED) is 0.681. The monoisotopic (exact) mass is 413 g/mol. The first kappa shape index (κ1) is 20.3. The number of anilines is 1. The third kappa shape index (κ3) is 4.59. The molecule has 5 nitrogen and oxygen atoms in total. The Kier molecular flexibility index (Phi) is 5.67. The molecule has 1 atom stereocenters. The second-order valence-electron chi connectivity index (χ2n) is 7.50. The number of benzene rings is 1. The molecule has 0 radical (unpaired) electrons. The summed E-state index contributed by atoms with van der Waals surface area (Å²) in [4.78, 5) is 15.3. The molecule has 0 spiro atoms. The Labute approximate surface area is 172 Å². The maximum atomic E-state index is 12.9. The minimum absolute atomic E-state index is 0.116. The molecule has 3 heterocycles. The molecule has 1 aliphatic heterocycles. The number of likely N-dealkylation sites (tertiary alicyclic amines) is 1. The van der Waals surface area contributed by atoms with Crippen molar-refractivity contribution in [3.8, 4) is 11.1 Å². The van der Waals surface area contributed by atoms with E-state index in [1.54, 1.807) is 12.4 Å². The molecule has 30 heavy (non-hydrogen) atoms. The highest BCUT2D eigenvalue weighted by Gasteiger charge is 2.30. The van der Waals surface area contributed by atoms with Crippen molar-refractivity contribution in [2.75, 3.05) is 18.8 Å². The molecule has 0 aliphatic carbocycles. The maximum Gasteiger partial charge on any atom is 0.416 e. The molecule has 2 N–H and O–H groups in total. The fourth-order valence-electron chi connectivity index (χ4n) is 3.92. The lowest BCUT2D eigenvalue weighted by Crippen LogP contribution is -2.34. The van der Waals surface area contributed by atoms with Crippen LogP contribution in [0.5, 0.6) is 0 Å². The van der Waals surface area contributed by atoms with Crippen LogP contribution in [0.1, 0.15) is 35.7 Å². The second kappa shape index (κ2) is 8.39. The van der Waals surface area contributed by atoms with Crippen molar-refractivity contribution < 1.29 is 13.2 Å². The summed E-state index contributed by atoms with van der Waals surface area (Å²) in [5.41, 5.74) is 8.35. The third-order valence-electron chi connectivity index (χ3n) is 5.36. The van der Waals surface area contributed by atoms with Crippen LogP contribution >= 0.6 is 0 Å². The summed E-state index contributed by atoms with van der Waals surface area (Å²) in [5, 5.41) is 0. The van der Waals surface area contributed by atoms with E-state index >= 15 is 0 Å². The van der Waals surface area contributed by atoms with Crippen molar-refractivity contribution in [2.24, 2.45) is 0 Å². The highest BCUT2D eigenvalue weighted by molar-refractivity contribution is 5.66. The topological polar surface area (TPSA) is 67.9 Å². The first-order chi connectivity index (χ1) is 14.4. The number of nitrogens with two attached hydrogens (primary N) is 1. The van der Waals surface area contributed by atoms with E-state index in [0.29, 0.717) is 5.56 Å². The van der Waals surface area contributed by atoms with Crippen molar-refractivity contribution >= 4 is 5.95 Å². The highest BCUT2D eigenvalue weighted by Crippen LogP contribution is 2.35. The molecule has 0 unspecified atom stereocenters. The number of aromatic nitrogens is 3. The van der Waals surface area contributed by atoms with Gasteiger partial charge in [0.05, 0.1) is 17.0 Å². The molecular formula is C22H22F3N5. The Bertz CT molecular complexity index is 990. The number of alkyl halides is 3. The van der Waals surface area contributed by atoms with E-state index in [4.69, 9.17) is 5.73 Å². The van der Waals surface area contributed by atoms with Crippen LogP contribution in [0.2, 0.25) is 0 Å². The number of pyridine rings is 1. The van der Waals surface area contributed by atoms with Gasteiger partial charge in [-0.1, -0.05) is 18.2 Å². The van der Waals surface area contributed by atoms with Crippen LogP contribution in [-0.2, 0) is 12.7 Å². The van der Waals surface area contributed by atoms with E-state index in [1.165, 1.54) is 12.1 Å². The third-order valence-corrected chi connectivity index (χ3v) is 5.36. The Morgan fingerprint density at radius 2 is 1.87 bits per heavy atom. The number of nitrogen functional groups attached to an aromatic ring is 1. The molecule has 156 valence electrons. The van der Waals surface area contributed by atoms with E-state index in [0.717, 1.165) is 61.6 Å². The average molecular weight is 413 g/mol. The van der Waals surface area contributed by atoms with E-state index in [9.17, 15) is 13.2 Å². The van der Waals surface area contributed by atoms with Gasteiger partial charge in [0, 0.05) is 37.0 Å². The van der Waals surface area contributed by atoms with Crippen LogP contribution in [0.3, 0.4) is 0 Å². The standard InChI is InChI=1S/C22H22F3N5/c23-22(24,25)17-8-6-15(7-9-17)19-12-28-21(26)29-20(19)16-4-3-11-30(13-16)14-18-5-1-2-10-27-18/h1-2,5-10,12,16H,3-4,11,13-14H2,(H2,26,28,29)/t16-/m0/s1. The van der Waals surface area contributed by atoms with Crippen molar-refractivity contribution in [3.05, 3.63) is 71.8 Å². The smallest absolute Gasteiger partial charge is 0.368 e. The molecule has 0 saturated carbocycles. The molecule has 0 bridgehead atoms. The molecule has 0 amide bonds. The fourth-order valence-corrected chi connectivity index (χ4v) is 3.92. The molecular weight excluding hydrogens is 391 g/mol. The summed E-state index contributed by atoms with van der Waals surface area (Å²) in [7, 11) is 0. The van der Waals surface area contributed by atoms with Crippen LogP contribution in [-0.4, -0.2) is 32.9 Å². The van der Waals surface area contributed by atoms with Gasteiger partial charge in [-0.05, 0) is 49.2 Å².